The molecule has 0 atom stereocenters. The van der Waals surface area contributed by atoms with E-state index in [4.69, 9.17) is 23.8 Å². The quantitative estimate of drug-likeness (QED) is 0.194. The van der Waals surface area contributed by atoms with Gasteiger partial charge in [-0.05, 0) is 65.8 Å². The van der Waals surface area contributed by atoms with E-state index in [2.05, 4.69) is 5.32 Å². The van der Waals surface area contributed by atoms with E-state index in [1.807, 2.05) is 58.1 Å². The molecular weight excluding hydrogens is 510 g/mol. The van der Waals surface area contributed by atoms with E-state index in [-0.39, 0.29) is 10.8 Å². The Bertz CT molecular complexity index is 1340. The number of rotatable bonds is 7. The predicted octanol–water partition coefficient (Wildman–Crippen LogP) is 7.75. The number of halogens is 5. The largest absolute Gasteiger partial charge is 0.416 e. The Morgan fingerprint density at radius 2 is 1.69 bits per heavy atom. The van der Waals surface area contributed by atoms with Crippen LogP contribution in [0.15, 0.2) is 91.1 Å². The topological polar surface area (TPSA) is 20.2 Å². The number of nitrogens with one attached hydrogen (secondary N) is 1. The molecule has 0 aliphatic heterocycles. The zero-order valence-electron chi connectivity index (χ0n) is 19.0. The number of aromatic nitrogens is 1. The van der Waals surface area contributed by atoms with Gasteiger partial charge in [-0.1, -0.05) is 54.1 Å². The second-order valence-electron chi connectivity index (χ2n) is 8.21. The van der Waals surface area contributed by atoms with E-state index in [0.29, 0.717) is 24.7 Å². The van der Waals surface area contributed by atoms with Gasteiger partial charge in [0.25, 0.3) is 0 Å². The van der Waals surface area contributed by atoms with Crippen molar-refractivity contribution in [2.24, 2.45) is 0 Å². The molecule has 0 aliphatic carbocycles. The number of nitrogens with zero attached hydrogens (tertiary/aromatic N) is 2. The molecule has 36 heavy (non-hydrogen) atoms. The van der Waals surface area contributed by atoms with Crippen LogP contribution in [0.25, 0.3) is 0 Å². The van der Waals surface area contributed by atoms with Crippen LogP contribution in [0.2, 0.25) is 5.02 Å². The average molecular weight is 532 g/mol. The second kappa shape index (κ2) is 11.1. The van der Waals surface area contributed by atoms with Crippen LogP contribution in [-0.4, -0.2) is 14.6 Å². The summed E-state index contributed by atoms with van der Waals surface area (Å²) < 4.78 is 55.0. The van der Waals surface area contributed by atoms with Gasteiger partial charge in [0.05, 0.1) is 12.1 Å². The predicted molar refractivity (Wildman–Crippen MR) is 138 cm³/mol. The molecule has 0 saturated carbocycles. The van der Waals surface area contributed by atoms with Crippen LogP contribution < -0.4 is 5.32 Å². The molecular formula is C27H22ClF4N3S. The Labute approximate surface area is 216 Å². The van der Waals surface area contributed by atoms with Crippen LogP contribution in [0.5, 0.6) is 0 Å². The molecule has 0 radical (unpaired) electrons. The lowest BCUT2D eigenvalue weighted by Crippen LogP contribution is -2.34. The lowest BCUT2D eigenvalue weighted by atomic mass is 10.2. The summed E-state index contributed by atoms with van der Waals surface area (Å²) in [5.74, 6) is -0.406. The van der Waals surface area contributed by atoms with Gasteiger partial charge < -0.3 is 14.8 Å². The molecule has 0 fully saturated rings. The molecule has 0 bridgehead atoms. The Balaban J connectivity index is 1.57. The second-order valence-corrected chi connectivity index (χ2v) is 9.01. The lowest BCUT2D eigenvalue weighted by Gasteiger charge is -2.27. The van der Waals surface area contributed by atoms with Gasteiger partial charge in [-0.15, -0.1) is 0 Å². The van der Waals surface area contributed by atoms with E-state index in [1.165, 1.54) is 18.2 Å². The molecule has 1 N–H and O–H groups in total. The zero-order chi connectivity index (χ0) is 25.7. The highest BCUT2D eigenvalue weighted by Gasteiger charge is 2.30. The van der Waals surface area contributed by atoms with Crippen molar-refractivity contribution in [2.45, 2.75) is 25.8 Å². The van der Waals surface area contributed by atoms with Crippen LogP contribution in [0.4, 0.5) is 23.2 Å². The average Bonchev–Trinajstić information content (AvgIpc) is 3.27. The molecule has 0 spiro atoms. The fraction of sp³-hybridized carbons (Fsp3) is 0.148. The number of hydrogen-bond acceptors (Lipinski definition) is 1. The fourth-order valence-electron chi connectivity index (χ4n) is 3.76. The minimum atomic E-state index is -4.45. The molecule has 0 amide bonds. The van der Waals surface area contributed by atoms with Crippen LogP contribution in [0, 0.1) is 5.82 Å². The summed E-state index contributed by atoms with van der Waals surface area (Å²) in [7, 11) is 0. The highest BCUT2D eigenvalue weighted by molar-refractivity contribution is 7.80. The third-order valence-corrected chi connectivity index (χ3v) is 6.29. The molecule has 1 aromatic heterocycles. The first-order chi connectivity index (χ1) is 17.2. The summed E-state index contributed by atoms with van der Waals surface area (Å²) in [6, 6.07) is 22.7. The minimum absolute atomic E-state index is 0.251. The van der Waals surface area contributed by atoms with Crippen molar-refractivity contribution in [3.8, 4) is 0 Å². The highest BCUT2D eigenvalue weighted by Crippen LogP contribution is 2.31. The summed E-state index contributed by atoms with van der Waals surface area (Å²) in [4.78, 5) is 1.88. The van der Waals surface area contributed by atoms with E-state index < -0.39 is 17.6 Å². The molecule has 186 valence electrons. The Morgan fingerprint density at radius 3 is 2.42 bits per heavy atom. The van der Waals surface area contributed by atoms with Gasteiger partial charge in [0.15, 0.2) is 5.11 Å². The van der Waals surface area contributed by atoms with Crippen molar-refractivity contribution >= 4 is 34.6 Å². The van der Waals surface area contributed by atoms with E-state index in [9.17, 15) is 17.6 Å². The van der Waals surface area contributed by atoms with Crippen molar-refractivity contribution < 1.29 is 17.6 Å². The number of hydrogen-bond donors (Lipinski definition) is 1. The molecule has 0 unspecified atom stereocenters. The monoisotopic (exact) mass is 531 g/mol. The highest BCUT2D eigenvalue weighted by atomic mass is 35.5. The maximum atomic E-state index is 13.5. The third kappa shape index (κ3) is 6.65. The summed E-state index contributed by atoms with van der Waals surface area (Å²) >= 11 is 11.9. The summed E-state index contributed by atoms with van der Waals surface area (Å²) in [6.07, 6.45) is -2.56. The van der Waals surface area contributed by atoms with Gasteiger partial charge in [0, 0.05) is 35.7 Å². The van der Waals surface area contributed by atoms with Crippen molar-refractivity contribution in [1.29, 1.82) is 0 Å². The van der Waals surface area contributed by atoms with Gasteiger partial charge in [-0.2, -0.15) is 13.2 Å². The number of thiocarbonyl (C=S) groups is 1. The normalized spacial score (nSPS) is 11.4. The lowest BCUT2D eigenvalue weighted by molar-refractivity contribution is -0.137. The standard InChI is InChI=1S/C27H22ClF4N3S/c28-25-15-22(29)12-11-20(25)17-34-13-5-10-24(34)18-35(16-19-6-2-1-3-7-19)26(36)33-23-9-4-8-21(14-23)27(30,31)32/h1-15H,16-18H2,(H,33,36). The summed E-state index contributed by atoms with van der Waals surface area (Å²) in [5.41, 5.74) is 2.15. The SMILES string of the molecule is Fc1ccc(Cn2cccc2CN(Cc2ccccc2)C(=S)Nc2cccc(C(F)(F)F)c2)c(Cl)c1. The number of anilines is 1. The maximum absolute atomic E-state index is 13.5. The van der Waals surface area contributed by atoms with Gasteiger partial charge in [-0.3, -0.25) is 0 Å². The molecule has 3 aromatic carbocycles. The van der Waals surface area contributed by atoms with Crippen molar-refractivity contribution in [2.75, 3.05) is 5.32 Å². The molecule has 9 heteroatoms. The number of benzene rings is 3. The Hall–Kier alpha value is -3.36. The molecule has 1 heterocycles. The van der Waals surface area contributed by atoms with Gasteiger partial charge in [0.1, 0.15) is 5.82 Å². The first-order valence-electron chi connectivity index (χ1n) is 11.0. The Morgan fingerprint density at radius 1 is 0.917 bits per heavy atom. The van der Waals surface area contributed by atoms with Crippen LogP contribution in [0.3, 0.4) is 0 Å². The fourth-order valence-corrected chi connectivity index (χ4v) is 4.23. The molecule has 4 rings (SSSR count). The smallest absolute Gasteiger partial charge is 0.345 e. The van der Waals surface area contributed by atoms with Gasteiger partial charge in [0.2, 0.25) is 0 Å². The maximum Gasteiger partial charge on any atom is 0.416 e. The third-order valence-electron chi connectivity index (χ3n) is 5.58. The summed E-state index contributed by atoms with van der Waals surface area (Å²) in [6.45, 7) is 1.24. The molecule has 3 nitrogen and oxygen atoms in total. The number of alkyl halides is 3. The van der Waals surface area contributed by atoms with Gasteiger partial charge >= 0.3 is 6.18 Å². The zero-order valence-corrected chi connectivity index (χ0v) is 20.5. The first-order valence-corrected chi connectivity index (χ1v) is 11.8. The van der Waals surface area contributed by atoms with Crippen molar-refractivity contribution in [1.82, 2.24) is 9.47 Å². The van der Waals surface area contributed by atoms with E-state index in [0.717, 1.165) is 29.0 Å². The van der Waals surface area contributed by atoms with E-state index >= 15 is 0 Å². The van der Waals surface area contributed by atoms with Crippen LogP contribution in [-0.2, 0) is 25.8 Å². The van der Waals surface area contributed by atoms with Crippen LogP contribution in [0.1, 0.15) is 22.4 Å². The molecule has 4 aromatic rings. The van der Waals surface area contributed by atoms with E-state index in [1.54, 1.807) is 12.1 Å². The van der Waals surface area contributed by atoms with Gasteiger partial charge in [-0.25, -0.2) is 4.39 Å². The molecule has 0 saturated heterocycles. The summed E-state index contributed by atoms with van der Waals surface area (Å²) in [5, 5.41) is 3.57. The Kier molecular flexibility index (Phi) is 7.96. The molecule has 0 aliphatic rings. The minimum Gasteiger partial charge on any atom is -0.345 e. The van der Waals surface area contributed by atoms with Crippen molar-refractivity contribution in [3.05, 3.63) is 124 Å². The first kappa shape index (κ1) is 25.7. The van der Waals surface area contributed by atoms with Crippen LogP contribution >= 0.6 is 23.8 Å². The van der Waals surface area contributed by atoms with Crippen molar-refractivity contribution in [3.63, 3.8) is 0 Å².